The number of amides is 2. The number of urea groups is 1. The largest absolute Gasteiger partial charge is 0.491 e. The highest BCUT2D eigenvalue weighted by atomic mass is 32.2. The Labute approximate surface area is 153 Å². The van der Waals surface area contributed by atoms with Crippen molar-refractivity contribution in [2.75, 3.05) is 4.72 Å². The minimum atomic E-state index is -0.222. The van der Waals surface area contributed by atoms with Crippen LogP contribution in [0.25, 0.3) is 0 Å². The van der Waals surface area contributed by atoms with Crippen LogP contribution in [0, 0.1) is 0 Å². The first-order chi connectivity index (χ1) is 12.0. The van der Waals surface area contributed by atoms with E-state index in [4.69, 9.17) is 4.74 Å². The van der Waals surface area contributed by atoms with Crippen LogP contribution in [0.2, 0.25) is 0 Å². The number of ether oxygens (including phenoxy) is 1. The molecule has 6 heteroatoms. The maximum absolute atomic E-state index is 11.9. The average Bonchev–Trinajstić information content (AvgIpc) is 2.56. The highest BCUT2D eigenvalue weighted by Crippen LogP contribution is 2.18. The van der Waals surface area contributed by atoms with Crippen molar-refractivity contribution in [3.63, 3.8) is 0 Å². The Morgan fingerprint density at radius 2 is 1.72 bits per heavy atom. The van der Waals surface area contributed by atoms with Crippen LogP contribution in [0.15, 0.2) is 54.6 Å². The smallest absolute Gasteiger partial charge is 0.326 e. The lowest BCUT2D eigenvalue weighted by Crippen LogP contribution is -2.39. The Morgan fingerprint density at radius 3 is 2.36 bits per heavy atom. The maximum Gasteiger partial charge on any atom is 0.326 e. The van der Waals surface area contributed by atoms with E-state index >= 15 is 0 Å². The summed E-state index contributed by atoms with van der Waals surface area (Å²) in [5.74, 6) is 0.825. The molecule has 0 bridgehead atoms. The first-order valence-corrected chi connectivity index (χ1v) is 9.13. The third-order valence-electron chi connectivity index (χ3n) is 3.30. The minimum absolute atomic E-state index is 0.0514. The van der Waals surface area contributed by atoms with Crippen molar-refractivity contribution in [2.24, 2.45) is 0 Å². The monoisotopic (exact) mass is 359 g/mol. The molecular formula is C19H25N3O2S. The molecule has 0 spiro atoms. The zero-order valence-corrected chi connectivity index (χ0v) is 15.6. The maximum atomic E-state index is 11.9. The molecule has 2 aromatic carbocycles. The van der Waals surface area contributed by atoms with E-state index in [0.717, 1.165) is 30.0 Å². The molecule has 0 aliphatic heterocycles. The summed E-state index contributed by atoms with van der Waals surface area (Å²) in [6.45, 7) is 5.96. The molecule has 1 unspecified atom stereocenters. The van der Waals surface area contributed by atoms with Gasteiger partial charge in [0.2, 0.25) is 0 Å². The molecule has 0 radical (unpaired) electrons. The molecule has 3 N–H and O–H groups in total. The molecule has 0 heterocycles. The van der Waals surface area contributed by atoms with Gasteiger partial charge in [0.25, 0.3) is 0 Å². The number of anilines is 1. The second-order valence-corrected chi connectivity index (χ2v) is 6.67. The lowest BCUT2D eigenvalue weighted by molar-refractivity contribution is 0.242. The average molecular weight is 359 g/mol. The molecule has 0 saturated carbocycles. The standard InChI is InChI=1S/C19H25N3O2S/c1-14(2)24-18-11-9-17(10-12-18)21-25-22-19(23)20-15(3)13-16-7-5-4-6-8-16/h4-12,14-15,21H,13H2,1-3H3,(H2,20,22,23). The lowest BCUT2D eigenvalue weighted by atomic mass is 10.1. The van der Waals surface area contributed by atoms with Crippen LogP contribution in [0.3, 0.4) is 0 Å². The fourth-order valence-electron chi connectivity index (χ4n) is 2.28. The van der Waals surface area contributed by atoms with E-state index in [1.165, 1.54) is 5.56 Å². The third-order valence-corrected chi connectivity index (χ3v) is 3.93. The summed E-state index contributed by atoms with van der Waals surface area (Å²) in [4.78, 5) is 11.9. The van der Waals surface area contributed by atoms with Crippen LogP contribution in [0.5, 0.6) is 5.75 Å². The second kappa shape index (κ2) is 9.84. The summed E-state index contributed by atoms with van der Waals surface area (Å²) in [6.07, 6.45) is 0.945. The number of benzene rings is 2. The molecule has 0 aliphatic rings. The molecule has 25 heavy (non-hydrogen) atoms. The Bertz CT molecular complexity index is 647. The van der Waals surface area contributed by atoms with Gasteiger partial charge in [-0.25, -0.2) is 4.79 Å². The van der Waals surface area contributed by atoms with Gasteiger partial charge < -0.3 is 14.8 Å². The Balaban J connectivity index is 1.67. The van der Waals surface area contributed by atoms with Gasteiger partial charge in [0.05, 0.1) is 18.2 Å². The van der Waals surface area contributed by atoms with Crippen LogP contribution >= 0.6 is 12.1 Å². The first kappa shape index (κ1) is 19.0. The van der Waals surface area contributed by atoms with Crippen molar-refractivity contribution in [3.8, 4) is 5.75 Å². The van der Waals surface area contributed by atoms with E-state index in [2.05, 4.69) is 26.9 Å². The summed E-state index contributed by atoms with van der Waals surface area (Å²) in [6, 6.07) is 17.5. The molecule has 0 aliphatic carbocycles. The van der Waals surface area contributed by atoms with Crippen LogP contribution in [-0.2, 0) is 6.42 Å². The van der Waals surface area contributed by atoms with Gasteiger partial charge >= 0.3 is 6.03 Å². The molecule has 2 rings (SSSR count). The van der Waals surface area contributed by atoms with Gasteiger partial charge in [-0.2, -0.15) is 0 Å². The van der Waals surface area contributed by atoms with Crippen LogP contribution in [0.4, 0.5) is 10.5 Å². The minimum Gasteiger partial charge on any atom is -0.491 e. The summed E-state index contributed by atoms with van der Waals surface area (Å²) >= 11 is 1.13. The van der Waals surface area contributed by atoms with Gasteiger partial charge in [-0.3, -0.25) is 4.72 Å². The van der Waals surface area contributed by atoms with Gasteiger partial charge in [0, 0.05) is 11.7 Å². The number of nitrogens with one attached hydrogen (secondary N) is 3. The van der Waals surface area contributed by atoms with Gasteiger partial charge in [-0.1, -0.05) is 30.3 Å². The molecule has 0 fully saturated rings. The van der Waals surface area contributed by atoms with Gasteiger partial charge in [0.1, 0.15) is 5.75 Å². The van der Waals surface area contributed by atoms with E-state index < -0.39 is 0 Å². The van der Waals surface area contributed by atoms with Gasteiger partial charge in [-0.05, 0) is 57.0 Å². The predicted octanol–water partition coefficient (Wildman–Crippen LogP) is 4.38. The van der Waals surface area contributed by atoms with Gasteiger partial charge in [-0.15, -0.1) is 0 Å². The Kier molecular flexibility index (Phi) is 7.47. The van der Waals surface area contributed by atoms with Crippen LogP contribution < -0.4 is 19.5 Å². The molecule has 5 nitrogen and oxygen atoms in total. The molecule has 1 atom stereocenters. The van der Waals surface area contributed by atoms with Crippen LogP contribution in [-0.4, -0.2) is 18.2 Å². The highest BCUT2D eigenvalue weighted by Gasteiger charge is 2.07. The van der Waals surface area contributed by atoms with Crippen molar-refractivity contribution in [3.05, 3.63) is 60.2 Å². The van der Waals surface area contributed by atoms with E-state index in [9.17, 15) is 4.79 Å². The number of carbonyl (C=O) groups excluding carboxylic acids is 1. The lowest BCUT2D eigenvalue weighted by Gasteiger charge is -2.15. The van der Waals surface area contributed by atoms with Crippen molar-refractivity contribution >= 4 is 23.9 Å². The molecule has 2 amide bonds. The fourth-order valence-corrected chi connectivity index (χ4v) is 2.73. The van der Waals surface area contributed by atoms with Crippen molar-refractivity contribution in [1.82, 2.24) is 10.0 Å². The normalized spacial score (nSPS) is 11.7. The van der Waals surface area contributed by atoms with E-state index in [1.807, 2.05) is 63.2 Å². The molecule has 0 aromatic heterocycles. The third kappa shape index (κ3) is 7.39. The Hall–Kier alpha value is -2.34. The molecule has 0 saturated heterocycles. The van der Waals surface area contributed by atoms with Crippen molar-refractivity contribution in [2.45, 2.75) is 39.3 Å². The number of rotatable bonds is 8. The topological polar surface area (TPSA) is 62.4 Å². The molecular weight excluding hydrogens is 334 g/mol. The van der Waals surface area contributed by atoms with Gasteiger partial charge in [0.15, 0.2) is 0 Å². The number of hydrogen-bond acceptors (Lipinski definition) is 4. The van der Waals surface area contributed by atoms with E-state index in [1.54, 1.807) is 0 Å². The quantitative estimate of drug-likeness (QED) is 0.612. The number of carbonyl (C=O) groups is 1. The summed E-state index contributed by atoms with van der Waals surface area (Å²) in [5.41, 5.74) is 2.09. The second-order valence-electron chi connectivity index (χ2n) is 6.06. The summed E-state index contributed by atoms with van der Waals surface area (Å²) in [7, 11) is 0. The van der Waals surface area contributed by atoms with Crippen molar-refractivity contribution < 1.29 is 9.53 Å². The highest BCUT2D eigenvalue weighted by molar-refractivity contribution is 7.99. The summed E-state index contributed by atoms with van der Waals surface area (Å²) in [5, 5.41) is 2.91. The van der Waals surface area contributed by atoms with E-state index in [0.29, 0.717) is 0 Å². The zero-order chi connectivity index (χ0) is 18.1. The summed E-state index contributed by atoms with van der Waals surface area (Å²) < 4.78 is 11.4. The fraction of sp³-hybridized carbons (Fsp3) is 0.316. The molecule has 134 valence electrons. The number of hydrogen-bond donors (Lipinski definition) is 3. The first-order valence-electron chi connectivity index (χ1n) is 8.32. The molecule has 2 aromatic rings. The Morgan fingerprint density at radius 1 is 1.04 bits per heavy atom. The SMILES string of the molecule is CC(Cc1ccccc1)NC(=O)NSNc1ccc(OC(C)C)cc1. The van der Waals surface area contributed by atoms with Crippen LogP contribution in [0.1, 0.15) is 26.3 Å². The predicted molar refractivity (Wildman–Crippen MR) is 105 cm³/mol. The zero-order valence-electron chi connectivity index (χ0n) is 14.8. The van der Waals surface area contributed by atoms with E-state index in [-0.39, 0.29) is 18.2 Å². The van der Waals surface area contributed by atoms with Crippen molar-refractivity contribution in [1.29, 1.82) is 0 Å².